The first kappa shape index (κ1) is 9.45. The van der Waals surface area contributed by atoms with Gasteiger partial charge in [-0.05, 0) is 18.2 Å². The normalized spacial score (nSPS) is 10.2. The van der Waals surface area contributed by atoms with Crippen molar-refractivity contribution in [2.24, 2.45) is 7.05 Å². The van der Waals surface area contributed by atoms with Gasteiger partial charge in [-0.15, -0.1) is 0 Å². The summed E-state index contributed by atoms with van der Waals surface area (Å²) in [7, 11) is 1.86. The Kier molecular flexibility index (Phi) is 2.25. The lowest BCUT2D eigenvalue weighted by Crippen LogP contribution is -2.11. The molecule has 1 aromatic heterocycles. The van der Waals surface area contributed by atoms with Gasteiger partial charge in [0.2, 0.25) is 11.9 Å². The van der Waals surface area contributed by atoms with Crippen LogP contribution < -0.4 is 5.32 Å². The molecule has 0 unspecified atom stereocenters. The molecule has 1 amide bonds. The van der Waals surface area contributed by atoms with E-state index in [0.29, 0.717) is 5.95 Å². The van der Waals surface area contributed by atoms with Crippen LogP contribution in [-0.4, -0.2) is 15.5 Å². The molecule has 15 heavy (non-hydrogen) atoms. The van der Waals surface area contributed by atoms with Crippen molar-refractivity contribution in [1.82, 2.24) is 9.55 Å². The van der Waals surface area contributed by atoms with Gasteiger partial charge in [0, 0.05) is 7.05 Å². The summed E-state index contributed by atoms with van der Waals surface area (Å²) in [5.41, 5.74) is 1.84. The Hall–Kier alpha value is -2.10. The number of anilines is 1. The Morgan fingerprint density at radius 3 is 2.93 bits per heavy atom. The molecule has 0 aliphatic rings. The lowest BCUT2D eigenvalue weighted by Gasteiger charge is -2.01. The van der Waals surface area contributed by atoms with Crippen molar-refractivity contribution in [3.63, 3.8) is 0 Å². The molecule has 1 N–H and O–H groups in total. The number of nitrogens with zero attached hydrogens (tertiary/aromatic N) is 2. The van der Waals surface area contributed by atoms with Gasteiger partial charge < -0.3 is 4.57 Å². The van der Waals surface area contributed by atoms with Gasteiger partial charge in [0.25, 0.3) is 0 Å². The summed E-state index contributed by atoms with van der Waals surface area (Å²) in [5, 5.41) is 2.64. The summed E-state index contributed by atoms with van der Waals surface area (Å²) in [5.74, 6) is 0.273. The molecule has 0 saturated carbocycles. The second-order valence-electron chi connectivity index (χ2n) is 3.18. The van der Waals surface area contributed by atoms with Gasteiger partial charge in [0.1, 0.15) is 0 Å². The third kappa shape index (κ3) is 1.61. The number of para-hydroxylation sites is 2. The summed E-state index contributed by atoms with van der Waals surface area (Å²) in [6, 6.07) is 7.70. The minimum Gasteiger partial charge on any atom is -0.313 e. The summed E-state index contributed by atoms with van der Waals surface area (Å²) in [6.07, 6.45) is 1.22. The van der Waals surface area contributed by atoms with E-state index in [2.05, 4.69) is 16.9 Å². The minimum atomic E-state index is -0.256. The molecular formula is C11H11N3O. The van der Waals surface area contributed by atoms with Crippen molar-refractivity contribution >= 4 is 22.9 Å². The number of hydrogen-bond acceptors (Lipinski definition) is 2. The number of aromatic nitrogens is 2. The van der Waals surface area contributed by atoms with Crippen LogP contribution in [0.3, 0.4) is 0 Å². The number of hydrogen-bond donors (Lipinski definition) is 1. The maximum absolute atomic E-state index is 11.1. The van der Waals surface area contributed by atoms with Crippen LogP contribution in [0.4, 0.5) is 5.95 Å². The van der Waals surface area contributed by atoms with Crippen molar-refractivity contribution < 1.29 is 4.79 Å². The minimum absolute atomic E-state index is 0.256. The van der Waals surface area contributed by atoms with Crippen LogP contribution in [0.2, 0.25) is 0 Å². The molecule has 0 bridgehead atoms. The van der Waals surface area contributed by atoms with E-state index in [1.807, 2.05) is 35.9 Å². The second kappa shape index (κ2) is 3.57. The van der Waals surface area contributed by atoms with Gasteiger partial charge in [-0.25, -0.2) is 4.98 Å². The number of amides is 1. The van der Waals surface area contributed by atoms with Crippen LogP contribution in [0.1, 0.15) is 0 Å². The number of carbonyl (C=O) groups excluding carboxylic acids is 1. The highest BCUT2D eigenvalue weighted by Gasteiger charge is 2.07. The van der Waals surface area contributed by atoms with E-state index in [0.717, 1.165) is 11.0 Å². The molecule has 76 valence electrons. The molecule has 0 fully saturated rings. The van der Waals surface area contributed by atoms with E-state index in [-0.39, 0.29) is 5.91 Å². The molecule has 2 aromatic rings. The fraction of sp³-hybridized carbons (Fsp3) is 0.0909. The SMILES string of the molecule is C=CC(=O)Nc1nc2ccccc2n1C. The number of benzene rings is 1. The maximum Gasteiger partial charge on any atom is 0.250 e. The van der Waals surface area contributed by atoms with Gasteiger partial charge >= 0.3 is 0 Å². The number of fused-ring (bicyclic) bond motifs is 1. The third-order valence-electron chi connectivity index (χ3n) is 2.21. The van der Waals surface area contributed by atoms with Gasteiger partial charge in [-0.2, -0.15) is 0 Å². The van der Waals surface area contributed by atoms with Crippen LogP contribution in [0.15, 0.2) is 36.9 Å². The molecular weight excluding hydrogens is 190 g/mol. The number of carbonyl (C=O) groups is 1. The predicted octanol–water partition coefficient (Wildman–Crippen LogP) is 1.70. The van der Waals surface area contributed by atoms with E-state index in [1.165, 1.54) is 6.08 Å². The fourth-order valence-corrected chi connectivity index (χ4v) is 1.42. The maximum atomic E-state index is 11.1. The number of rotatable bonds is 2. The highest BCUT2D eigenvalue weighted by atomic mass is 16.1. The molecule has 0 spiro atoms. The Morgan fingerprint density at radius 2 is 2.27 bits per heavy atom. The third-order valence-corrected chi connectivity index (χ3v) is 2.21. The monoisotopic (exact) mass is 201 g/mol. The van der Waals surface area contributed by atoms with Crippen LogP contribution in [0.25, 0.3) is 11.0 Å². The smallest absolute Gasteiger partial charge is 0.250 e. The second-order valence-corrected chi connectivity index (χ2v) is 3.18. The van der Waals surface area contributed by atoms with Gasteiger partial charge in [-0.3, -0.25) is 10.1 Å². The Labute approximate surface area is 87.2 Å². The van der Waals surface area contributed by atoms with E-state index >= 15 is 0 Å². The van der Waals surface area contributed by atoms with Gasteiger partial charge in [0.05, 0.1) is 11.0 Å². The topological polar surface area (TPSA) is 46.9 Å². The number of nitrogens with one attached hydrogen (secondary N) is 1. The highest BCUT2D eigenvalue weighted by Crippen LogP contribution is 2.17. The molecule has 1 heterocycles. The molecule has 0 aliphatic carbocycles. The molecule has 0 aliphatic heterocycles. The standard InChI is InChI=1S/C11H11N3O/c1-3-10(15)13-11-12-8-6-4-5-7-9(8)14(11)2/h3-7H,1H2,2H3,(H,12,13,15). The Bertz CT molecular complexity index is 528. The summed E-state index contributed by atoms with van der Waals surface area (Å²) >= 11 is 0. The van der Waals surface area contributed by atoms with Gasteiger partial charge in [-0.1, -0.05) is 18.7 Å². The highest BCUT2D eigenvalue weighted by molar-refractivity contribution is 5.98. The molecule has 0 atom stereocenters. The van der Waals surface area contributed by atoms with Gasteiger partial charge in [0.15, 0.2) is 0 Å². The van der Waals surface area contributed by atoms with Crippen molar-refractivity contribution in [2.75, 3.05) is 5.32 Å². The summed E-state index contributed by atoms with van der Waals surface area (Å²) in [6.45, 7) is 3.39. The van der Waals surface area contributed by atoms with E-state index in [9.17, 15) is 4.79 Å². The predicted molar refractivity (Wildman–Crippen MR) is 59.5 cm³/mol. The lowest BCUT2D eigenvalue weighted by atomic mass is 10.3. The van der Waals surface area contributed by atoms with Crippen LogP contribution in [-0.2, 0) is 11.8 Å². The summed E-state index contributed by atoms with van der Waals surface area (Å²) < 4.78 is 1.83. The lowest BCUT2D eigenvalue weighted by molar-refractivity contribution is -0.111. The molecule has 1 aromatic carbocycles. The molecule has 0 saturated heterocycles. The molecule has 0 radical (unpaired) electrons. The van der Waals surface area contributed by atoms with Crippen molar-refractivity contribution in [2.45, 2.75) is 0 Å². The zero-order valence-electron chi connectivity index (χ0n) is 8.40. The Morgan fingerprint density at radius 1 is 1.53 bits per heavy atom. The van der Waals surface area contributed by atoms with Crippen molar-refractivity contribution in [1.29, 1.82) is 0 Å². The molecule has 4 nitrogen and oxygen atoms in total. The zero-order valence-corrected chi connectivity index (χ0v) is 8.40. The first-order valence-corrected chi connectivity index (χ1v) is 4.57. The number of aryl methyl sites for hydroxylation is 1. The number of imidazole rings is 1. The van der Waals surface area contributed by atoms with Crippen LogP contribution >= 0.6 is 0 Å². The molecule has 2 rings (SSSR count). The molecule has 4 heteroatoms. The Balaban J connectivity index is 2.48. The first-order valence-electron chi connectivity index (χ1n) is 4.57. The largest absolute Gasteiger partial charge is 0.313 e. The van der Waals surface area contributed by atoms with Crippen LogP contribution in [0, 0.1) is 0 Å². The summed E-state index contributed by atoms with van der Waals surface area (Å²) in [4.78, 5) is 15.4. The van der Waals surface area contributed by atoms with Crippen molar-refractivity contribution in [3.05, 3.63) is 36.9 Å². The average Bonchev–Trinajstić information content (AvgIpc) is 2.57. The fourth-order valence-electron chi connectivity index (χ4n) is 1.42. The zero-order chi connectivity index (χ0) is 10.8. The van der Waals surface area contributed by atoms with E-state index < -0.39 is 0 Å². The first-order chi connectivity index (χ1) is 7.22. The quantitative estimate of drug-likeness (QED) is 0.752. The van der Waals surface area contributed by atoms with Crippen LogP contribution in [0.5, 0.6) is 0 Å². The van der Waals surface area contributed by atoms with E-state index in [1.54, 1.807) is 0 Å². The van der Waals surface area contributed by atoms with Crippen molar-refractivity contribution in [3.8, 4) is 0 Å². The van der Waals surface area contributed by atoms with E-state index in [4.69, 9.17) is 0 Å². The average molecular weight is 201 g/mol.